The van der Waals surface area contributed by atoms with E-state index < -0.39 is 10.0 Å². The highest BCUT2D eigenvalue weighted by atomic mass is 35.5. The number of nitrogens with one attached hydrogen (secondary N) is 1. The smallest absolute Gasteiger partial charge is 0.268 e. The molecule has 0 saturated carbocycles. The zero-order chi connectivity index (χ0) is 18.2. The molecule has 1 fully saturated rings. The van der Waals surface area contributed by atoms with Crippen LogP contribution in [0.15, 0.2) is 64.0 Å². The van der Waals surface area contributed by atoms with E-state index in [9.17, 15) is 8.42 Å². The van der Waals surface area contributed by atoms with Gasteiger partial charge in [-0.25, -0.2) is 12.4 Å². The van der Waals surface area contributed by atoms with Gasteiger partial charge in [-0.3, -0.25) is 0 Å². The number of hydrogen-bond donors (Lipinski definition) is 1. The van der Waals surface area contributed by atoms with Gasteiger partial charge in [-0.2, -0.15) is 0 Å². The molecule has 1 saturated heterocycles. The Morgan fingerprint density at radius 1 is 1.07 bits per heavy atom. The SMILES string of the molecule is Cl.O=S(=O)(c1ccc2c3c(oc2c1)CC1CCC3N1)n1ccc2ccccc21. The predicted molar refractivity (Wildman–Crippen MR) is 111 cm³/mol. The summed E-state index contributed by atoms with van der Waals surface area (Å²) < 4.78 is 33.9. The van der Waals surface area contributed by atoms with Crippen LogP contribution in [0.1, 0.15) is 30.2 Å². The van der Waals surface area contributed by atoms with Crippen LogP contribution >= 0.6 is 12.4 Å². The van der Waals surface area contributed by atoms with Gasteiger partial charge in [0.1, 0.15) is 11.3 Å². The van der Waals surface area contributed by atoms with E-state index in [1.165, 1.54) is 16.0 Å². The van der Waals surface area contributed by atoms with Crippen LogP contribution in [0.3, 0.4) is 0 Å². The van der Waals surface area contributed by atoms with E-state index in [2.05, 4.69) is 5.32 Å². The first-order valence-corrected chi connectivity index (χ1v) is 10.7. The molecule has 144 valence electrons. The van der Waals surface area contributed by atoms with Crippen LogP contribution in [0.2, 0.25) is 0 Å². The lowest BCUT2D eigenvalue weighted by Gasteiger charge is -2.20. The third-order valence-corrected chi connectivity index (χ3v) is 7.60. The Kier molecular flexibility index (Phi) is 3.88. The van der Waals surface area contributed by atoms with Crippen molar-refractivity contribution < 1.29 is 12.8 Å². The van der Waals surface area contributed by atoms with E-state index >= 15 is 0 Å². The van der Waals surface area contributed by atoms with Gasteiger partial charge < -0.3 is 9.73 Å². The zero-order valence-electron chi connectivity index (χ0n) is 15.0. The maximum absolute atomic E-state index is 13.2. The van der Waals surface area contributed by atoms with Gasteiger partial charge in [0.05, 0.1) is 10.4 Å². The lowest BCUT2D eigenvalue weighted by atomic mass is 9.99. The summed E-state index contributed by atoms with van der Waals surface area (Å²) >= 11 is 0. The maximum Gasteiger partial charge on any atom is 0.268 e. The molecule has 28 heavy (non-hydrogen) atoms. The summed E-state index contributed by atoms with van der Waals surface area (Å²) in [6.45, 7) is 0. The van der Waals surface area contributed by atoms with Crippen molar-refractivity contribution in [2.24, 2.45) is 0 Å². The molecule has 2 aromatic carbocycles. The second kappa shape index (κ2) is 6.11. The first kappa shape index (κ1) is 17.8. The summed E-state index contributed by atoms with van der Waals surface area (Å²) in [4.78, 5) is 0.251. The van der Waals surface area contributed by atoms with Crippen LogP contribution in [0.4, 0.5) is 0 Å². The number of halogens is 1. The highest BCUT2D eigenvalue weighted by Gasteiger charge is 2.36. The molecule has 2 aromatic heterocycles. The van der Waals surface area contributed by atoms with E-state index in [-0.39, 0.29) is 17.3 Å². The highest BCUT2D eigenvalue weighted by molar-refractivity contribution is 7.90. The van der Waals surface area contributed by atoms with Crippen LogP contribution < -0.4 is 5.32 Å². The van der Waals surface area contributed by atoms with E-state index in [0.29, 0.717) is 23.2 Å². The molecule has 2 bridgehead atoms. The average Bonchev–Trinajstić information content (AvgIpc) is 3.36. The summed E-state index contributed by atoms with van der Waals surface area (Å²) in [7, 11) is -3.68. The van der Waals surface area contributed by atoms with Crippen molar-refractivity contribution >= 4 is 44.3 Å². The molecule has 7 heteroatoms. The van der Waals surface area contributed by atoms with Crippen molar-refractivity contribution in [3.05, 3.63) is 66.1 Å². The van der Waals surface area contributed by atoms with Crippen molar-refractivity contribution in [3.63, 3.8) is 0 Å². The van der Waals surface area contributed by atoms with Crippen LogP contribution in [-0.2, 0) is 16.4 Å². The number of aromatic nitrogens is 1. The topological polar surface area (TPSA) is 64.2 Å². The first-order valence-electron chi connectivity index (χ1n) is 9.24. The molecular formula is C21H19ClN2O3S. The molecular weight excluding hydrogens is 396 g/mol. The molecule has 2 unspecified atom stereocenters. The third kappa shape index (κ3) is 2.38. The Morgan fingerprint density at radius 2 is 1.93 bits per heavy atom. The summed E-state index contributed by atoms with van der Waals surface area (Å²) in [5, 5.41) is 5.56. The largest absolute Gasteiger partial charge is 0.461 e. The molecule has 4 heterocycles. The fourth-order valence-electron chi connectivity index (χ4n) is 4.65. The number of fused-ring (bicyclic) bond motifs is 7. The van der Waals surface area contributed by atoms with Gasteiger partial charge in [0.2, 0.25) is 0 Å². The van der Waals surface area contributed by atoms with E-state index in [0.717, 1.165) is 29.4 Å². The van der Waals surface area contributed by atoms with E-state index in [1.807, 2.05) is 36.4 Å². The Morgan fingerprint density at radius 3 is 2.82 bits per heavy atom. The molecule has 5 nitrogen and oxygen atoms in total. The lowest BCUT2D eigenvalue weighted by molar-refractivity contribution is 0.441. The highest BCUT2D eigenvalue weighted by Crippen LogP contribution is 2.42. The normalized spacial score (nSPS) is 21.0. The average molecular weight is 415 g/mol. The second-order valence-corrected chi connectivity index (χ2v) is 9.28. The van der Waals surface area contributed by atoms with Gasteiger partial charge in [0, 0.05) is 47.1 Å². The molecule has 2 atom stereocenters. The molecule has 0 amide bonds. The number of furan rings is 1. The van der Waals surface area contributed by atoms with Crippen molar-refractivity contribution in [2.75, 3.05) is 0 Å². The van der Waals surface area contributed by atoms with Crippen LogP contribution in [0.25, 0.3) is 21.9 Å². The molecule has 0 spiro atoms. The summed E-state index contributed by atoms with van der Waals surface area (Å²) in [5.41, 5.74) is 2.55. The van der Waals surface area contributed by atoms with Gasteiger partial charge in [0.25, 0.3) is 10.0 Å². The predicted octanol–water partition coefficient (Wildman–Crippen LogP) is 4.40. The summed E-state index contributed by atoms with van der Waals surface area (Å²) in [5.74, 6) is 1.01. The fourth-order valence-corrected chi connectivity index (χ4v) is 6.02. The molecule has 0 aliphatic carbocycles. The van der Waals surface area contributed by atoms with Crippen LogP contribution in [0.5, 0.6) is 0 Å². The quantitative estimate of drug-likeness (QED) is 0.528. The third-order valence-electron chi connectivity index (χ3n) is 5.92. The Hall–Kier alpha value is -2.28. The summed E-state index contributed by atoms with van der Waals surface area (Å²) in [6, 6.07) is 15.4. The second-order valence-electron chi connectivity index (χ2n) is 7.47. The number of nitrogens with zero attached hydrogens (tertiary/aromatic N) is 1. The van der Waals surface area contributed by atoms with Gasteiger partial charge in [-0.1, -0.05) is 18.2 Å². The molecule has 2 aliphatic rings. The monoisotopic (exact) mass is 414 g/mol. The van der Waals surface area contributed by atoms with Gasteiger partial charge in [-0.15, -0.1) is 12.4 Å². The van der Waals surface area contributed by atoms with E-state index in [4.69, 9.17) is 4.42 Å². The van der Waals surface area contributed by atoms with Gasteiger partial charge in [-0.05, 0) is 37.1 Å². The Balaban J connectivity index is 0.00000171. The number of benzene rings is 2. The molecule has 2 aliphatic heterocycles. The molecule has 6 rings (SSSR count). The van der Waals surface area contributed by atoms with Crippen LogP contribution in [0, 0.1) is 0 Å². The van der Waals surface area contributed by atoms with Crippen LogP contribution in [-0.4, -0.2) is 18.4 Å². The van der Waals surface area contributed by atoms with Crippen molar-refractivity contribution in [3.8, 4) is 0 Å². The minimum atomic E-state index is -3.68. The van der Waals surface area contributed by atoms with Crippen molar-refractivity contribution in [1.29, 1.82) is 0 Å². The lowest BCUT2D eigenvalue weighted by Crippen LogP contribution is -2.30. The van der Waals surface area contributed by atoms with Crippen molar-refractivity contribution in [2.45, 2.75) is 36.2 Å². The summed E-state index contributed by atoms with van der Waals surface area (Å²) in [6.07, 6.45) is 4.77. The minimum Gasteiger partial charge on any atom is -0.461 e. The number of para-hydroxylation sites is 1. The standard InChI is InChI=1S/C21H18N2O3S.ClH/c24-27(25,23-10-9-13-3-1-2-4-18(13)23)15-6-7-16-19(12-15)26-20-11-14-5-8-17(22-14)21(16)20;/h1-4,6-7,9-10,12,14,17,22H,5,8,11H2;1H. The molecule has 0 radical (unpaired) electrons. The minimum absolute atomic E-state index is 0. The number of rotatable bonds is 2. The van der Waals surface area contributed by atoms with Crippen molar-refractivity contribution in [1.82, 2.24) is 9.29 Å². The first-order chi connectivity index (χ1) is 13.1. The maximum atomic E-state index is 13.2. The Bertz CT molecular complexity index is 1320. The van der Waals surface area contributed by atoms with E-state index in [1.54, 1.807) is 18.3 Å². The molecule has 1 N–H and O–H groups in total. The molecule has 4 aromatic rings. The van der Waals surface area contributed by atoms with Gasteiger partial charge >= 0.3 is 0 Å². The number of hydrogen-bond acceptors (Lipinski definition) is 4. The zero-order valence-corrected chi connectivity index (χ0v) is 16.6. The fraction of sp³-hybridized carbons (Fsp3) is 0.238. The van der Waals surface area contributed by atoms with Gasteiger partial charge in [0.15, 0.2) is 0 Å². The Labute approximate surface area is 168 Å².